The molecule has 3 nitrogen and oxygen atoms in total. The molecule has 4 heteroatoms. The molecule has 2 N–H and O–H groups in total. The van der Waals surface area contributed by atoms with Crippen molar-refractivity contribution in [3.8, 4) is 5.75 Å². The van der Waals surface area contributed by atoms with E-state index >= 15 is 0 Å². The number of anilines is 1. The lowest BCUT2D eigenvalue weighted by Crippen LogP contribution is -2.22. The molecule has 0 aliphatic carbocycles. The first-order chi connectivity index (χ1) is 10.0. The molecule has 0 spiro atoms. The number of nitrogen functional groups attached to an aromatic ring is 1. The molecule has 2 unspecified atom stereocenters. The van der Waals surface area contributed by atoms with Crippen LogP contribution in [0.1, 0.15) is 16.7 Å². The summed E-state index contributed by atoms with van der Waals surface area (Å²) in [5.41, 5.74) is 10.1. The highest BCUT2D eigenvalue weighted by Gasteiger charge is 2.25. The van der Waals surface area contributed by atoms with Gasteiger partial charge < -0.3 is 10.5 Å². The summed E-state index contributed by atoms with van der Waals surface area (Å²) in [6.07, 6.45) is 0.775. The van der Waals surface area contributed by atoms with E-state index in [4.69, 9.17) is 10.5 Å². The molecule has 1 aliphatic rings. The molecule has 0 amide bonds. The maximum atomic E-state index is 12.5. The molecule has 3 rings (SSSR count). The summed E-state index contributed by atoms with van der Waals surface area (Å²) in [5.74, 6) is 1.39. The van der Waals surface area contributed by atoms with Gasteiger partial charge in [-0.2, -0.15) is 0 Å². The highest BCUT2D eigenvalue weighted by atomic mass is 32.2. The van der Waals surface area contributed by atoms with Crippen LogP contribution in [0.15, 0.2) is 41.3 Å². The van der Waals surface area contributed by atoms with Crippen molar-refractivity contribution in [1.82, 2.24) is 0 Å². The molecule has 1 aliphatic heterocycles. The normalized spacial score (nSPS) is 18.1. The van der Waals surface area contributed by atoms with Gasteiger partial charge in [0.1, 0.15) is 11.9 Å². The van der Waals surface area contributed by atoms with Crippen molar-refractivity contribution < 1.29 is 8.95 Å². The van der Waals surface area contributed by atoms with Crippen molar-refractivity contribution in [1.29, 1.82) is 0 Å². The summed E-state index contributed by atoms with van der Waals surface area (Å²) in [5, 5.41) is 0. The smallest absolute Gasteiger partial charge is 0.123 e. The van der Waals surface area contributed by atoms with Crippen molar-refractivity contribution in [2.45, 2.75) is 31.3 Å². The van der Waals surface area contributed by atoms with Crippen LogP contribution in [0.25, 0.3) is 0 Å². The molecule has 0 aromatic heterocycles. The number of nitrogens with two attached hydrogens (primary N) is 1. The van der Waals surface area contributed by atoms with Gasteiger partial charge in [0.2, 0.25) is 0 Å². The number of aryl methyl sites for hydroxylation is 2. The average molecular weight is 301 g/mol. The molecule has 0 saturated carbocycles. The van der Waals surface area contributed by atoms with Crippen LogP contribution in [0.2, 0.25) is 0 Å². The first-order valence-corrected chi connectivity index (χ1v) is 8.35. The van der Waals surface area contributed by atoms with Crippen LogP contribution >= 0.6 is 0 Å². The Kier molecular flexibility index (Phi) is 3.72. The van der Waals surface area contributed by atoms with Gasteiger partial charge in [0.25, 0.3) is 0 Å². The number of hydrogen-bond acceptors (Lipinski definition) is 3. The van der Waals surface area contributed by atoms with Gasteiger partial charge in [-0.05, 0) is 43.2 Å². The van der Waals surface area contributed by atoms with Crippen LogP contribution in [-0.4, -0.2) is 16.1 Å². The highest BCUT2D eigenvalue weighted by molar-refractivity contribution is 7.85. The Morgan fingerprint density at radius 3 is 2.67 bits per heavy atom. The second kappa shape index (κ2) is 5.53. The molecule has 1 heterocycles. The number of ether oxygens (including phenoxy) is 1. The van der Waals surface area contributed by atoms with Crippen LogP contribution in [-0.2, 0) is 17.2 Å². The minimum atomic E-state index is -1.14. The van der Waals surface area contributed by atoms with Gasteiger partial charge >= 0.3 is 0 Å². The lowest BCUT2D eigenvalue weighted by molar-refractivity contribution is 0.258. The Morgan fingerprint density at radius 2 is 1.90 bits per heavy atom. The molecule has 0 fully saturated rings. The maximum Gasteiger partial charge on any atom is 0.123 e. The summed E-state index contributed by atoms with van der Waals surface area (Å²) in [6.45, 7) is 4.04. The van der Waals surface area contributed by atoms with Crippen LogP contribution in [0.4, 0.5) is 5.69 Å². The van der Waals surface area contributed by atoms with E-state index in [1.807, 2.05) is 37.3 Å². The zero-order valence-electron chi connectivity index (χ0n) is 12.3. The van der Waals surface area contributed by atoms with Crippen LogP contribution in [0.5, 0.6) is 5.75 Å². The highest BCUT2D eigenvalue weighted by Crippen LogP contribution is 2.30. The quantitative estimate of drug-likeness (QED) is 0.887. The Morgan fingerprint density at radius 1 is 1.19 bits per heavy atom. The largest absolute Gasteiger partial charge is 0.489 e. The second-order valence-corrected chi connectivity index (χ2v) is 7.07. The Balaban J connectivity index is 1.72. The minimum Gasteiger partial charge on any atom is -0.489 e. The third-order valence-electron chi connectivity index (χ3n) is 3.71. The summed E-state index contributed by atoms with van der Waals surface area (Å²) in [7, 11) is -1.14. The first-order valence-electron chi connectivity index (χ1n) is 7.03. The van der Waals surface area contributed by atoms with Gasteiger partial charge in [0.15, 0.2) is 0 Å². The van der Waals surface area contributed by atoms with Crippen molar-refractivity contribution in [3.05, 3.63) is 53.1 Å². The topological polar surface area (TPSA) is 52.3 Å². The summed E-state index contributed by atoms with van der Waals surface area (Å²) < 4.78 is 18.4. The van der Waals surface area contributed by atoms with E-state index in [2.05, 4.69) is 13.0 Å². The van der Waals surface area contributed by atoms with Crippen molar-refractivity contribution >= 4 is 16.5 Å². The Bertz CT molecular complexity index is 712. The maximum absolute atomic E-state index is 12.5. The van der Waals surface area contributed by atoms with E-state index in [9.17, 15) is 4.21 Å². The lowest BCUT2D eigenvalue weighted by Gasteiger charge is -2.12. The van der Waals surface area contributed by atoms with Crippen molar-refractivity contribution in [3.63, 3.8) is 0 Å². The second-order valence-electron chi connectivity index (χ2n) is 5.61. The van der Waals surface area contributed by atoms with E-state index < -0.39 is 10.8 Å². The third kappa shape index (κ3) is 2.95. The number of benzene rings is 2. The minimum absolute atomic E-state index is 0.0386. The molecule has 0 saturated heterocycles. The van der Waals surface area contributed by atoms with E-state index in [1.54, 1.807) is 0 Å². The van der Waals surface area contributed by atoms with Crippen LogP contribution < -0.4 is 10.5 Å². The fraction of sp³-hybridized carbons (Fsp3) is 0.294. The van der Waals surface area contributed by atoms with Crippen molar-refractivity contribution in [2.24, 2.45) is 0 Å². The van der Waals surface area contributed by atoms with Crippen molar-refractivity contribution in [2.75, 3.05) is 11.5 Å². The van der Waals surface area contributed by atoms with E-state index in [0.29, 0.717) is 16.3 Å². The molecule has 2 atom stereocenters. The van der Waals surface area contributed by atoms with Gasteiger partial charge in [-0.1, -0.05) is 23.8 Å². The van der Waals surface area contributed by atoms with E-state index in [1.165, 1.54) is 11.1 Å². The third-order valence-corrected chi connectivity index (χ3v) is 5.24. The molecule has 0 bridgehead atoms. The van der Waals surface area contributed by atoms with E-state index in [-0.39, 0.29) is 6.10 Å². The van der Waals surface area contributed by atoms with Crippen LogP contribution in [0.3, 0.4) is 0 Å². The predicted octanol–water partition coefficient (Wildman–Crippen LogP) is 3.00. The van der Waals surface area contributed by atoms with Gasteiger partial charge in [-0.25, -0.2) is 0 Å². The fourth-order valence-electron chi connectivity index (χ4n) is 2.68. The van der Waals surface area contributed by atoms with E-state index in [0.717, 1.165) is 17.7 Å². The standard InChI is InChI=1S/C17H19NO2S/c1-11-3-5-16-13(7-11)9-14(20-16)10-21(19)17-6-4-12(2)8-15(17)18/h3-8,14H,9-10,18H2,1-2H3. The molecule has 110 valence electrons. The zero-order valence-corrected chi connectivity index (χ0v) is 13.1. The summed E-state index contributed by atoms with van der Waals surface area (Å²) in [4.78, 5) is 0.705. The lowest BCUT2D eigenvalue weighted by atomic mass is 10.1. The van der Waals surface area contributed by atoms with Gasteiger partial charge in [-0.3, -0.25) is 4.21 Å². The molecular weight excluding hydrogens is 282 g/mol. The molecular formula is C17H19NO2S. The summed E-state index contributed by atoms with van der Waals surface area (Å²) >= 11 is 0. The zero-order chi connectivity index (χ0) is 15.0. The van der Waals surface area contributed by atoms with Crippen LogP contribution in [0, 0.1) is 13.8 Å². The Labute approximate surface area is 127 Å². The molecule has 2 aromatic carbocycles. The summed E-state index contributed by atoms with van der Waals surface area (Å²) in [6, 6.07) is 11.8. The first kappa shape index (κ1) is 14.1. The fourth-order valence-corrected chi connectivity index (χ4v) is 3.92. The monoisotopic (exact) mass is 301 g/mol. The Hall–Kier alpha value is -1.81. The van der Waals surface area contributed by atoms with Gasteiger partial charge in [-0.15, -0.1) is 0 Å². The average Bonchev–Trinajstić information content (AvgIpc) is 2.79. The molecule has 21 heavy (non-hydrogen) atoms. The number of hydrogen-bond donors (Lipinski definition) is 1. The predicted molar refractivity (Wildman–Crippen MR) is 86.2 cm³/mol. The number of rotatable bonds is 3. The molecule has 0 radical (unpaired) electrons. The van der Waals surface area contributed by atoms with Gasteiger partial charge in [0, 0.05) is 12.1 Å². The van der Waals surface area contributed by atoms with Gasteiger partial charge in [0.05, 0.1) is 21.4 Å². The SMILES string of the molecule is Cc1ccc(S(=O)CC2Cc3cc(C)ccc3O2)c(N)c1. The number of fused-ring (bicyclic) bond motifs is 1. The molecule has 2 aromatic rings.